The molecule has 0 atom stereocenters. The summed E-state index contributed by atoms with van der Waals surface area (Å²) in [6, 6.07) is 21.8. The van der Waals surface area contributed by atoms with Crippen LogP contribution in [0.3, 0.4) is 0 Å². The minimum atomic E-state index is -1.15. The number of ether oxygens (including phenoxy) is 1. The average molecular weight is 320 g/mol. The molecule has 120 valence electrons. The lowest BCUT2D eigenvalue weighted by Gasteiger charge is -2.09. The molecule has 0 fully saturated rings. The van der Waals surface area contributed by atoms with Crippen molar-refractivity contribution in [2.24, 2.45) is 0 Å². The summed E-state index contributed by atoms with van der Waals surface area (Å²) in [5.41, 5.74) is 2.53. The van der Waals surface area contributed by atoms with Gasteiger partial charge in [0.2, 0.25) is 0 Å². The first-order chi connectivity index (χ1) is 11.6. The molecule has 4 heteroatoms. The number of aromatic carboxylic acids is 1. The van der Waals surface area contributed by atoms with Gasteiger partial charge in [-0.15, -0.1) is 0 Å². The van der Waals surface area contributed by atoms with E-state index in [9.17, 15) is 9.90 Å². The second-order valence-corrected chi connectivity index (χ2v) is 5.34. The highest BCUT2D eigenvalue weighted by atomic mass is 16.5. The van der Waals surface area contributed by atoms with E-state index in [2.05, 4.69) is 0 Å². The normalized spacial score (nSPS) is 10.3. The van der Waals surface area contributed by atoms with Gasteiger partial charge < -0.3 is 14.9 Å². The first kappa shape index (κ1) is 15.6. The molecular formula is C20H16O4. The van der Waals surface area contributed by atoms with E-state index in [0.717, 1.165) is 16.7 Å². The second kappa shape index (κ2) is 6.87. The van der Waals surface area contributed by atoms with Crippen LogP contribution in [0.1, 0.15) is 15.9 Å². The molecule has 3 rings (SSSR count). The molecular weight excluding hydrogens is 304 g/mol. The lowest BCUT2D eigenvalue weighted by atomic mass is 10.0. The molecule has 0 bridgehead atoms. The summed E-state index contributed by atoms with van der Waals surface area (Å²) >= 11 is 0. The highest BCUT2D eigenvalue weighted by molar-refractivity contribution is 5.91. The van der Waals surface area contributed by atoms with Crippen LogP contribution in [0.2, 0.25) is 0 Å². The van der Waals surface area contributed by atoms with E-state index in [1.54, 1.807) is 6.07 Å². The molecule has 0 radical (unpaired) electrons. The fourth-order valence-electron chi connectivity index (χ4n) is 2.40. The zero-order valence-corrected chi connectivity index (χ0v) is 12.8. The topological polar surface area (TPSA) is 66.8 Å². The number of hydrogen-bond donors (Lipinski definition) is 2. The molecule has 0 saturated carbocycles. The fourth-order valence-corrected chi connectivity index (χ4v) is 2.40. The quantitative estimate of drug-likeness (QED) is 0.734. The Balaban J connectivity index is 1.80. The Kier molecular flexibility index (Phi) is 4.47. The Morgan fingerprint density at radius 3 is 2.33 bits per heavy atom. The van der Waals surface area contributed by atoms with Gasteiger partial charge in [0.05, 0.1) is 0 Å². The Hall–Kier alpha value is -3.27. The number of benzene rings is 3. The van der Waals surface area contributed by atoms with E-state index < -0.39 is 5.97 Å². The van der Waals surface area contributed by atoms with Gasteiger partial charge in [0, 0.05) is 0 Å². The second-order valence-electron chi connectivity index (χ2n) is 5.34. The van der Waals surface area contributed by atoms with Gasteiger partial charge in [0.1, 0.15) is 23.7 Å². The summed E-state index contributed by atoms with van der Waals surface area (Å²) in [4.78, 5) is 11.0. The zero-order valence-electron chi connectivity index (χ0n) is 12.8. The standard InChI is InChI=1S/C20H16O4/c21-19-12-16(9-10-18(19)20(22)23)15-7-4-8-17(11-15)24-13-14-5-2-1-3-6-14/h1-12,21H,13H2,(H,22,23). The molecule has 0 heterocycles. The monoisotopic (exact) mass is 320 g/mol. The molecule has 0 aliphatic carbocycles. The summed E-state index contributed by atoms with van der Waals surface area (Å²) in [6.07, 6.45) is 0. The minimum absolute atomic E-state index is 0.116. The molecule has 0 aliphatic rings. The molecule has 3 aromatic carbocycles. The van der Waals surface area contributed by atoms with Crippen molar-refractivity contribution in [3.63, 3.8) is 0 Å². The molecule has 0 unspecified atom stereocenters. The summed E-state index contributed by atoms with van der Waals surface area (Å²) in [7, 11) is 0. The van der Waals surface area contributed by atoms with Gasteiger partial charge in [0.15, 0.2) is 0 Å². The molecule has 0 aliphatic heterocycles. The Labute approximate surface area is 139 Å². The number of carbonyl (C=O) groups is 1. The van der Waals surface area contributed by atoms with Crippen molar-refractivity contribution >= 4 is 5.97 Å². The van der Waals surface area contributed by atoms with Crippen LogP contribution in [-0.4, -0.2) is 16.2 Å². The van der Waals surface area contributed by atoms with Gasteiger partial charge in [0.25, 0.3) is 0 Å². The van der Waals surface area contributed by atoms with E-state index in [0.29, 0.717) is 12.4 Å². The predicted octanol–water partition coefficient (Wildman–Crippen LogP) is 4.34. The van der Waals surface area contributed by atoms with Crippen LogP contribution < -0.4 is 4.74 Å². The van der Waals surface area contributed by atoms with Crippen molar-refractivity contribution in [2.75, 3.05) is 0 Å². The van der Waals surface area contributed by atoms with E-state index in [1.807, 2.05) is 54.6 Å². The minimum Gasteiger partial charge on any atom is -0.507 e. The van der Waals surface area contributed by atoms with Crippen LogP contribution in [0.5, 0.6) is 11.5 Å². The van der Waals surface area contributed by atoms with E-state index in [4.69, 9.17) is 9.84 Å². The summed E-state index contributed by atoms with van der Waals surface area (Å²) in [6.45, 7) is 0.466. The van der Waals surface area contributed by atoms with Crippen LogP contribution in [0.4, 0.5) is 0 Å². The predicted molar refractivity (Wildman–Crippen MR) is 91.3 cm³/mol. The Morgan fingerprint density at radius 1 is 0.875 bits per heavy atom. The third kappa shape index (κ3) is 3.55. The van der Waals surface area contributed by atoms with Gasteiger partial charge in [-0.3, -0.25) is 0 Å². The maximum atomic E-state index is 11.0. The van der Waals surface area contributed by atoms with Crippen molar-refractivity contribution < 1.29 is 19.7 Å². The van der Waals surface area contributed by atoms with Gasteiger partial charge in [-0.25, -0.2) is 4.79 Å². The van der Waals surface area contributed by atoms with E-state index >= 15 is 0 Å². The van der Waals surface area contributed by atoms with Crippen LogP contribution in [0.25, 0.3) is 11.1 Å². The molecule has 0 spiro atoms. The SMILES string of the molecule is O=C(O)c1ccc(-c2cccc(OCc3ccccc3)c2)cc1O. The van der Waals surface area contributed by atoms with Crippen molar-refractivity contribution in [3.8, 4) is 22.6 Å². The number of aromatic hydroxyl groups is 1. The fraction of sp³-hybridized carbons (Fsp3) is 0.0500. The maximum Gasteiger partial charge on any atom is 0.339 e. The maximum absolute atomic E-state index is 11.0. The smallest absolute Gasteiger partial charge is 0.339 e. The first-order valence-corrected chi connectivity index (χ1v) is 7.47. The lowest BCUT2D eigenvalue weighted by molar-refractivity contribution is 0.0694. The molecule has 24 heavy (non-hydrogen) atoms. The number of phenols is 1. The zero-order chi connectivity index (χ0) is 16.9. The van der Waals surface area contributed by atoms with Crippen molar-refractivity contribution in [1.82, 2.24) is 0 Å². The highest BCUT2D eigenvalue weighted by Crippen LogP contribution is 2.29. The van der Waals surface area contributed by atoms with Crippen LogP contribution in [0, 0.1) is 0 Å². The van der Waals surface area contributed by atoms with Crippen molar-refractivity contribution in [1.29, 1.82) is 0 Å². The van der Waals surface area contributed by atoms with Gasteiger partial charge >= 0.3 is 5.97 Å². The van der Waals surface area contributed by atoms with Gasteiger partial charge in [-0.05, 0) is 41.0 Å². The third-order valence-corrected chi connectivity index (χ3v) is 3.64. The summed E-state index contributed by atoms with van der Waals surface area (Å²) < 4.78 is 5.79. The number of carboxylic acid groups (broad SMARTS) is 1. The average Bonchev–Trinajstić information content (AvgIpc) is 2.61. The third-order valence-electron chi connectivity index (χ3n) is 3.64. The molecule has 0 saturated heterocycles. The summed E-state index contributed by atoms with van der Waals surface area (Å²) in [5, 5.41) is 18.8. The largest absolute Gasteiger partial charge is 0.507 e. The summed E-state index contributed by atoms with van der Waals surface area (Å²) in [5.74, 6) is -0.701. The molecule has 0 amide bonds. The van der Waals surface area contributed by atoms with Crippen molar-refractivity contribution in [3.05, 3.63) is 83.9 Å². The van der Waals surface area contributed by atoms with Crippen LogP contribution >= 0.6 is 0 Å². The van der Waals surface area contributed by atoms with Gasteiger partial charge in [-0.1, -0.05) is 48.5 Å². The molecule has 3 aromatic rings. The molecule has 4 nitrogen and oxygen atoms in total. The highest BCUT2D eigenvalue weighted by Gasteiger charge is 2.10. The number of carboxylic acids is 1. The van der Waals surface area contributed by atoms with Gasteiger partial charge in [-0.2, -0.15) is 0 Å². The Bertz CT molecular complexity index is 857. The number of rotatable bonds is 5. The van der Waals surface area contributed by atoms with E-state index in [-0.39, 0.29) is 11.3 Å². The van der Waals surface area contributed by atoms with Crippen LogP contribution in [0.15, 0.2) is 72.8 Å². The molecule has 2 N–H and O–H groups in total. The van der Waals surface area contributed by atoms with Crippen molar-refractivity contribution in [2.45, 2.75) is 6.61 Å². The van der Waals surface area contributed by atoms with Crippen LogP contribution in [-0.2, 0) is 6.61 Å². The molecule has 0 aromatic heterocycles. The number of hydrogen-bond acceptors (Lipinski definition) is 3. The first-order valence-electron chi connectivity index (χ1n) is 7.47. The Morgan fingerprint density at radius 2 is 1.62 bits per heavy atom. The lowest BCUT2D eigenvalue weighted by Crippen LogP contribution is -1.97. The van der Waals surface area contributed by atoms with E-state index in [1.165, 1.54) is 12.1 Å².